The van der Waals surface area contributed by atoms with Crippen molar-refractivity contribution in [3.8, 4) is 0 Å². The molecular weight excluding hydrogens is 478 g/mol. The Kier molecular flexibility index (Phi) is 8.87. The van der Waals surface area contributed by atoms with Crippen LogP contribution in [0.5, 0.6) is 0 Å². The molecule has 0 saturated heterocycles. The van der Waals surface area contributed by atoms with E-state index in [2.05, 4.69) is 31.4 Å². The Bertz CT molecular complexity index is 1190. The first-order valence-corrected chi connectivity index (χ1v) is 13.8. The highest BCUT2D eigenvalue weighted by atomic mass is 16.6. The number of ether oxygens (including phenoxy) is 1. The van der Waals surface area contributed by atoms with Gasteiger partial charge in [-0.3, -0.25) is 4.79 Å². The van der Waals surface area contributed by atoms with Gasteiger partial charge in [0, 0.05) is 42.9 Å². The van der Waals surface area contributed by atoms with Crippen LogP contribution >= 0.6 is 0 Å². The van der Waals surface area contributed by atoms with Crippen LogP contribution in [-0.2, 0) is 26.5 Å². The van der Waals surface area contributed by atoms with E-state index < -0.39 is 5.60 Å². The number of rotatable bonds is 10. The second-order valence-corrected chi connectivity index (χ2v) is 10.6. The Hall–Kier alpha value is -3.61. The van der Waals surface area contributed by atoms with Gasteiger partial charge in [0.1, 0.15) is 0 Å². The number of nitrogens with zero attached hydrogens (tertiary/aromatic N) is 1. The van der Waals surface area contributed by atoms with Crippen LogP contribution in [0.25, 0.3) is 0 Å². The third-order valence-corrected chi connectivity index (χ3v) is 7.30. The summed E-state index contributed by atoms with van der Waals surface area (Å²) in [6, 6.07) is 17.2. The molecule has 1 unspecified atom stereocenters. The standard InChI is InChI=1S/C31H39N3O4/c1-4-5-7-16-28(35)33-27-15-11-10-12-23(27)20-32-30(37)34-18-17-25-26(21-34)31(19-22(2)3,38-29(25)36)24-13-8-6-9-14-24/h6,8-15,22H,4-5,7,16-21H2,1-3H3,(H,32,37)(H,33,35). The number of amides is 3. The van der Waals surface area contributed by atoms with Gasteiger partial charge in [-0.15, -0.1) is 0 Å². The minimum Gasteiger partial charge on any atom is -0.446 e. The Balaban J connectivity index is 1.46. The molecule has 2 aliphatic heterocycles. The maximum atomic E-state index is 13.3. The lowest BCUT2D eigenvalue weighted by Crippen LogP contribution is -2.46. The molecule has 2 aromatic rings. The lowest BCUT2D eigenvalue weighted by molar-refractivity contribution is -0.149. The third-order valence-electron chi connectivity index (χ3n) is 7.30. The Morgan fingerprint density at radius 1 is 1.05 bits per heavy atom. The van der Waals surface area contributed by atoms with E-state index in [0.717, 1.165) is 36.0 Å². The SMILES string of the molecule is CCCCCC(=O)Nc1ccccc1CNC(=O)N1CCC2=C(C1)C(CC(C)C)(c1ccccc1)OC2=O. The van der Waals surface area contributed by atoms with E-state index in [1.54, 1.807) is 4.90 Å². The number of hydrogen-bond acceptors (Lipinski definition) is 4. The molecule has 0 spiro atoms. The Labute approximate surface area is 225 Å². The second-order valence-electron chi connectivity index (χ2n) is 10.6. The van der Waals surface area contributed by atoms with Crippen LogP contribution < -0.4 is 10.6 Å². The largest absolute Gasteiger partial charge is 0.446 e. The first kappa shape index (κ1) is 27.4. The van der Waals surface area contributed by atoms with Gasteiger partial charge in [0.15, 0.2) is 5.60 Å². The average Bonchev–Trinajstić information content (AvgIpc) is 3.19. The van der Waals surface area contributed by atoms with E-state index in [-0.39, 0.29) is 30.4 Å². The summed E-state index contributed by atoms with van der Waals surface area (Å²) in [5.74, 6) is 0.00180. The van der Waals surface area contributed by atoms with Gasteiger partial charge in [0.05, 0.1) is 0 Å². The molecule has 0 aliphatic carbocycles. The Morgan fingerprint density at radius 3 is 2.53 bits per heavy atom. The van der Waals surface area contributed by atoms with E-state index in [9.17, 15) is 14.4 Å². The van der Waals surface area contributed by atoms with Gasteiger partial charge in [-0.25, -0.2) is 9.59 Å². The van der Waals surface area contributed by atoms with Gasteiger partial charge in [-0.05, 0) is 42.4 Å². The number of unbranched alkanes of at least 4 members (excludes halogenated alkanes) is 2. The fourth-order valence-corrected chi connectivity index (χ4v) is 5.44. The van der Waals surface area contributed by atoms with Crippen molar-refractivity contribution in [2.75, 3.05) is 18.4 Å². The molecule has 2 aromatic carbocycles. The van der Waals surface area contributed by atoms with E-state index in [1.807, 2.05) is 54.6 Å². The van der Waals surface area contributed by atoms with Crippen LogP contribution in [0.2, 0.25) is 0 Å². The number of benzene rings is 2. The summed E-state index contributed by atoms with van der Waals surface area (Å²) >= 11 is 0. The maximum Gasteiger partial charge on any atom is 0.335 e. The van der Waals surface area contributed by atoms with Crippen molar-refractivity contribution in [3.05, 3.63) is 76.9 Å². The summed E-state index contributed by atoms with van der Waals surface area (Å²) in [7, 11) is 0. The number of nitrogens with one attached hydrogen (secondary N) is 2. The highest BCUT2D eigenvalue weighted by Crippen LogP contribution is 2.48. The number of urea groups is 1. The minimum atomic E-state index is -0.852. The maximum absolute atomic E-state index is 13.3. The van der Waals surface area contributed by atoms with Gasteiger partial charge < -0.3 is 20.3 Å². The number of esters is 1. The highest BCUT2D eigenvalue weighted by molar-refractivity contribution is 5.94. The van der Waals surface area contributed by atoms with E-state index in [4.69, 9.17) is 4.74 Å². The van der Waals surface area contributed by atoms with Gasteiger partial charge >= 0.3 is 12.0 Å². The zero-order chi connectivity index (χ0) is 27.1. The lowest BCUT2D eigenvalue weighted by Gasteiger charge is -2.37. The first-order valence-electron chi connectivity index (χ1n) is 13.8. The molecule has 0 aromatic heterocycles. The van der Waals surface area contributed by atoms with Crippen LogP contribution in [0, 0.1) is 5.92 Å². The van der Waals surface area contributed by atoms with Gasteiger partial charge in [0.2, 0.25) is 5.91 Å². The van der Waals surface area contributed by atoms with E-state index >= 15 is 0 Å². The summed E-state index contributed by atoms with van der Waals surface area (Å²) in [5, 5.41) is 6.01. The molecule has 2 N–H and O–H groups in total. The van der Waals surface area contributed by atoms with Crippen LogP contribution in [-0.4, -0.2) is 35.9 Å². The first-order chi connectivity index (χ1) is 18.3. The van der Waals surface area contributed by atoms with Crippen molar-refractivity contribution < 1.29 is 19.1 Å². The normalized spacial score (nSPS) is 18.8. The summed E-state index contributed by atoms with van der Waals surface area (Å²) in [6.07, 6.45) is 4.57. The van der Waals surface area contributed by atoms with Crippen LogP contribution in [0.3, 0.4) is 0 Å². The molecule has 2 aliphatic rings. The molecule has 38 heavy (non-hydrogen) atoms. The molecule has 0 bridgehead atoms. The monoisotopic (exact) mass is 517 g/mol. The molecule has 0 saturated carbocycles. The predicted molar refractivity (Wildman–Crippen MR) is 148 cm³/mol. The van der Waals surface area contributed by atoms with Crippen molar-refractivity contribution >= 4 is 23.6 Å². The summed E-state index contributed by atoms with van der Waals surface area (Å²) in [4.78, 5) is 40.4. The molecular formula is C31H39N3O4. The average molecular weight is 518 g/mol. The van der Waals surface area contributed by atoms with Crippen molar-refractivity contribution in [1.29, 1.82) is 0 Å². The zero-order valence-electron chi connectivity index (χ0n) is 22.7. The number of para-hydroxylation sites is 1. The van der Waals surface area contributed by atoms with Gasteiger partial charge in [-0.2, -0.15) is 0 Å². The minimum absolute atomic E-state index is 0.0129. The van der Waals surface area contributed by atoms with Gasteiger partial charge in [0.25, 0.3) is 0 Å². The van der Waals surface area contributed by atoms with Crippen molar-refractivity contribution in [1.82, 2.24) is 10.2 Å². The van der Waals surface area contributed by atoms with E-state index in [0.29, 0.717) is 43.6 Å². The quantitative estimate of drug-likeness (QED) is 0.303. The van der Waals surface area contributed by atoms with Gasteiger partial charge in [-0.1, -0.05) is 82.1 Å². The third kappa shape index (κ3) is 6.09. The predicted octanol–water partition coefficient (Wildman–Crippen LogP) is 5.92. The van der Waals surface area contributed by atoms with E-state index in [1.165, 1.54) is 0 Å². The summed E-state index contributed by atoms with van der Waals surface area (Å²) in [6.45, 7) is 7.42. The number of carbonyl (C=O) groups excluding carboxylic acids is 3. The molecule has 7 nitrogen and oxygen atoms in total. The summed E-state index contributed by atoms with van der Waals surface area (Å²) in [5.41, 5.74) is 3.25. The molecule has 1 atom stereocenters. The van der Waals surface area contributed by atoms with Crippen LogP contribution in [0.4, 0.5) is 10.5 Å². The topological polar surface area (TPSA) is 87.7 Å². The number of hydrogen-bond donors (Lipinski definition) is 2. The summed E-state index contributed by atoms with van der Waals surface area (Å²) < 4.78 is 6.13. The number of carbonyl (C=O) groups is 3. The van der Waals surface area contributed by atoms with Crippen molar-refractivity contribution in [2.24, 2.45) is 5.92 Å². The molecule has 0 radical (unpaired) electrons. The molecule has 0 fully saturated rings. The molecule has 7 heteroatoms. The zero-order valence-corrected chi connectivity index (χ0v) is 22.7. The molecule has 202 valence electrons. The number of cyclic esters (lactones) is 1. The molecule has 3 amide bonds. The molecule has 2 heterocycles. The van der Waals surface area contributed by atoms with Crippen LogP contribution in [0.1, 0.15) is 70.4 Å². The Morgan fingerprint density at radius 2 is 1.79 bits per heavy atom. The smallest absolute Gasteiger partial charge is 0.335 e. The second kappa shape index (κ2) is 12.3. The van der Waals surface area contributed by atoms with Crippen LogP contribution in [0.15, 0.2) is 65.7 Å². The molecule has 4 rings (SSSR count). The fourth-order valence-electron chi connectivity index (χ4n) is 5.44. The highest BCUT2D eigenvalue weighted by Gasteiger charge is 2.50. The lowest BCUT2D eigenvalue weighted by atomic mass is 9.77. The number of anilines is 1. The fraction of sp³-hybridized carbons (Fsp3) is 0.452. The van der Waals surface area contributed by atoms with Crippen molar-refractivity contribution in [2.45, 2.75) is 71.4 Å². The van der Waals surface area contributed by atoms with Crippen molar-refractivity contribution in [3.63, 3.8) is 0 Å².